The number of hydrogen-bond acceptors (Lipinski definition) is 2. The molecule has 2 aliphatic carbocycles. The second kappa shape index (κ2) is 2.54. The molecule has 0 aromatic heterocycles. The minimum atomic E-state index is 0.246. The van der Waals surface area contributed by atoms with Crippen LogP contribution in [0.2, 0.25) is 0 Å². The highest BCUT2D eigenvalue weighted by Gasteiger charge is 2.23. The minimum absolute atomic E-state index is 0.246. The molecule has 0 saturated carbocycles. The first kappa shape index (κ1) is 7.19. The lowest BCUT2D eigenvalue weighted by Crippen LogP contribution is -2.24. The lowest BCUT2D eigenvalue weighted by molar-refractivity contribution is 0.681. The van der Waals surface area contributed by atoms with Crippen molar-refractivity contribution in [2.45, 2.75) is 25.3 Å². The summed E-state index contributed by atoms with van der Waals surface area (Å²) in [7, 11) is 0. The van der Waals surface area contributed by atoms with Gasteiger partial charge in [-0.25, -0.2) is 0 Å². The van der Waals surface area contributed by atoms with Crippen molar-refractivity contribution >= 4 is 17.1 Å². The first-order valence-electron chi connectivity index (χ1n) is 3.97. The number of allylic oxidation sites excluding steroid dienone is 2. The summed E-state index contributed by atoms with van der Waals surface area (Å²) in [5.41, 5.74) is 8.59. The highest BCUT2D eigenvalue weighted by Crippen LogP contribution is 2.31. The molecule has 1 atom stereocenters. The number of rotatable bonds is 0. The lowest BCUT2D eigenvalue weighted by atomic mass is 9.92. The molecule has 58 valence electrons. The molecular weight excluding hydrogens is 154 g/mol. The summed E-state index contributed by atoms with van der Waals surface area (Å²) in [6.07, 6.45) is 7.51. The zero-order chi connectivity index (χ0) is 7.84. The van der Waals surface area contributed by atoms with Crippen LogP contribution in [0.5, 0.6) is 0 Å². The Bertz CT molecular complexity index is 263. The fourth-order valence-electron chi connectivity index (χ4n) is 1.73. The molecule has 11 heavy (non-hydrogen) atoms. The third-order valence-corrected chi connectivity index (χ3v) is 2.58. The third kappa shape index (κ3) is 1.17. The summed E-state index contributed by atoms with van der Waals surface area (Å²) in [6, 6.07) is 0.246. The molecule has 0 spiro atoms. The van der Waals surface area contributed by atoms with Gasteiger partial charge in [0.05, 0.1) is 0 Å². The van der Waals surface area contributed by atoms with Gasteiger partial charge in [0.15, 0.2) is 0 Å². The average Bonchev–Trinajstić information content (AvgIpc) is 2.31. The van der Waals surface area contributed by atoms with E-state index in [-0.39, 0.29) is 6.04 Å². The van der Waals surface area contributed by atoms with Crippen molar-refractivity contribution in [2.75, 3.05) is 0 Å². The first-order chi connectivity index (χ1) is 5.27. The van der Waals surface area contributed by atoms with Crippen LogP contribution in [-0.4, -0.2) is 10.9 Å². The van der Waals surface area contributed by atoms with E-state index < -0.39 is 0 Å². The molecule has 2 heteroatoms. The van der Waals surface area contributed by atoms with Crippen LogP contribution in [0.4, 0.5) is 0 Å². The molecule has 0 bridgehead atoms. The van der Waals surface area contributed by atoms with Crippen LogP contribution in [0.15, 0.2) is 23.3 Å². The molecular formula is C9H11NS. The summed E-state index contributed by atoms with van der Waals surface area (Å²) in [4.78, 5) is 1.05. The molecule has 0 amide bonds. The number of nitrogens with two attached hydrogens (primary N) is 1. The van der Waals surface area contributed by atoms with E-state index >= 15 is 0 Å². The molecule has 0 aliphatic heterocycles. The Kier molecular flexibility index (Phi) is 1.66. The van der Waals surface area contributed by atoms with Crippen molar-refractivity contribution in [3.8, 4) is 0 Å². The molecule has 0 fully saturated rings. The van der Waals surface area contributed by atoms with E-state index in [0.29, 0.717) is 0 Å². The Balaban J connectivity index is 2.38. The van der Waals surface area contributed by atoms with Gasteiger partial charge in [0.25, 0.3) is 0 Å². The SMILES string of the molecule is NC1CCC=C2CC(=S)C=C21. The normalized spacial score (nSPS) is 29.5. The zero-order valence-electron chi connectivity index (χ0n) is 6.34. The van der Waals surface area contributed by atoms with Gasteiger partial charge < -0.3 is 5.73 Å². The molecule has 0 saturated heterocycles. The van der Waals surface area contributed by atoms with E-state index in [1.54, 1.807) is 0 Å². The van der Waals surface area contributed by atoms with Gasteiger partial charge >= 0.3 is 0 Å². The second-order valence-electron chi connectivity index (χ2n) is 3.16. The van der Waals surface area contributed by atoms with Gasteiger partial charge in [-0.2, -0.15) is 0 Å². The molecule has 2 N–H and O–H groups in total. The van der Waals surface area contributed by atoms with Crippen LogP contribution >= 0.6 is 12.2 Å². The first-order valence-corrected chi connectivity index (χ1v) is 4.37. The smallest absolute Gasteiger partial charge is 0.0300 e. The van der Waals surface area contributed by atoms with Gasteiger partial charge in [-0.1, -0.05) is 18.3 Å². The zero-order valence-corrected chi connectivity index (χ0v) is 7.16. The topological polar surface area (TPSA) is 26.0 Å². The highest BCUT2D eigenvalue weighted by atomic mass is 32.1. The Morgan fingerprint density at radius 2 is 2.36 bits per heavy atom. The van der Waals surface area contributed by atoms with Crippen molar-refractivity contribution in [1.29, 1.82) is 0 Å². The molecule has 2 rings (SSSR count). The summed E-state index contributed by atoms with van der Waals surface area (Å²) >= 11 is 5.11. The minimum Gasteiger partial charge on any atom is -0.324 e. The molecule has 1 nitrogen and oxygen atoms in total. The Labute approximate surface area is 72.0 Å². The Morgan fingerprint density at radius 1 is 1.55 bits per heavy atom. The van der Waals surface area contributed by atoms with Gasteiger partial charge in [0.1, 0.15) is 0 Å². The van der Waals surface area contributed by atoms with E-state index in [4.69, 9.17) is 18.0 Å². The van der Waals surface area contributed by atoms with Gasteiger partial charge in [-0.3, -0.25) is 0 Å². The van der Waals surface area contributed by atoms with Gasteiger partial charge in [0.2, 0.25) is 0 Å². The van der Waals surface area contributed by atoms with Crippen molar-refractivity contribution in [3.05, 3.63) is 23.3 Å². The number of fused-ring (bicyclic) bond motifs is 1. The maximum Gasteiger partial charge on any atom is 0.0300 e. The largest absolute Gasteiger partial charge is 0.324 e. The Hall–Kier alpha value is -0.470. The average molecular weight is 165 g/mol. The predicted molar refractivity (Wildman–Crippen MR) is 50.6 cm³/mol. The van der Waals surface area contributed by atoms with Crippen LogP contribution in [0, 0.1) is 0 Å². The predicted octanol–water partition coefficient (Wildman–Crippen LogP) is 1.73. The molecule has 0 heterocycles. The molecule has 0 radical (unpaired) electrons. The quantitative estimate of drug-likeness (QED) is 0.553. The maximum atomic E-state index is 5.91. The summed E-state index contributed by atoms with van der Waals surface area (Å²) in [5, 5.41) is 0. The van der Waals surface area contributed by atoms with E-state index in [1.165, 1.54) is 11.1 Å². The van der Waals surface area contributed by atoms with Crippen LogP contribution in [0.25, 0.3) is 0 Å². The van der Waals surface area contributed by atoms with E-state index in [9.17, 15) is 0 Å². The third-order valence-electron chi connectivity index (χ3n) is 2.32. The maximum absolute atomic E-state index is 5.91. The van der Waals surface area contributed by atoms with E-state index in [1.807, 2.05) is 0 Å². The summed E-state index contributed by atoms with van der Waals surface area (Å²) in [6.45, 7) is 0. The fourth-order valence-corrected chi connectivity index (χ4v) is 2.02. The Morgan fingerprint density at radius 3 is 3.09 bits per heavy atom. The molecule has 0 aromatic carbocycles. The summed E-state index contributed by atoms with van der Waals surface area (Å²) < 4.78 is 0. The van der Waals surface area contributed by atoms with Crippen LogP contribution in [0.1, 0.15) is 19.3 Å². The van der Waals surface area contributed by atoms with Gasteiger partial charge in [-0.15, -0.1) is 0 Å². The van der Waals surface area contributed by atoms with Crippen LogP contribution < -0.4 is 5.73 Å². The summed E-state index contributed by atoms with van der Waals surface area (Å²) in [5.74, 6) is 0. The molecule has 0 aromatic rings. The standard InChI is InChI=1S/C9H11NS/c10-9-3-1-2-6-4-7(11)5-8(6)9/h2,5,9H,1,3-4,10H2. The van der Waals surface area contributed by atoms with Crippen molar-refractivity contribution in [1.82, 2.24) is 0 Å². The van der Waals surface area contributed by atoms with Gasteiger partial charge in [-0.05, 0) is 30.1 Å². The second-order valence-corrected chi connectivity index (χ2v) is 3.68. The monoisotopic (exact) mass is 165 g/mol. The highest BCUT2D eigenvalue weighted by molar-refractivity contribution is 7.80. The molecule has 2 aliphatic rings. The molecule has 1 unspecified atom stereocenters. The van der Waals surface area contributed by atoms with Crippen molar-refractivity contribution in [3.63, 3.8) is 0 Å². The van der Waals surface area contributed by atoms with Crippen LogP contribution in [-0.2, 0) is 0 Å². The number of hydrogen-bond donors (Lipinski definition) is 1. The number of thiocarbonyl (C=S) groups is 1. The van der Waals surface area contributed by atoms with Crippen molar-refractivity contribution in [2.24, 2.45) is 5.73 Å². The fraction of sp³-hybridized carbons (Fsp3) is 0.444. The van der Waals surface area contributed by atoms with Crippen molar-refractivity contribution < 1.29 is 0 Å². The van der Waals surface area contributed by atoms with Gasteiger partial charge in [0, 0.05) is 17.3 Å². The van der Waals surface area contributed by atoms with Crippen LogP contribution in [0.3, 0.4) is 0 Å². The van der Waals surface area contributed by atoms with E-state index in [0.717, 1.165) is 24.1 Å². The lowest BCUT2D eigenvalue weighted by Gasteiger charge is -2.18. The van der Waals surface area contributed by atoms with E-state index in [2.05, 4.69) is 12.2 Å².